The fraction of sp³-hybridized carbons (Fsp3) is 0.467. The fourth-order valence-corrected chi connectivity index (χ4v) is 3.33. The first-order valence-corrected chi connectivity index (χ1v) is 6.94. The number of benzene rings is 1. The highest BCUT2D eigenvalue weighted by atomic mass is 16.4. The van der Waals surface area contributed by atoms with E-state index in [9.17, 15) is 9.59 Å². The van der Waals surface area contributed by atoms with E-state index in [-0.39, 0.29) is 12.5 Å². The second-order valence-electron chi connectivity index (χ2n) is 5.53. The third-order valence-electron chi connectivity index (χ3n) is 4.25. The van der Waals surface area contributed by atoms with Crippen molar-refractivity contribution in [1.82, 2.24) is 0 Å². The molecule has 0 aromatic heterocycles. The topological polar surface area (TPSA) is 60.9 Å². The Bertz CT molecular complexity index is 570. The van der Waals surface area contributed by atoms with Crippen LogP contribution in [-0.2, 0) is 9.59 Å². The van der Waals surface area contributed by atoms with E-state index in [1.54, 1.807) is 11.9 Å². The summed E-state index contributed by atoms with van der Waals surface area (Å²) in [7, 11) is 1.81. The van der Waals surface area contributed by atoms with Crippen LogP contribution in [0.3, 0.4) is 0 Å². The molecule has 1 amide bonds. The van der Waals surface area contributed by atoms with Crippen molar-refractivity contribution >= 4 is 23.3 Å². The van der Waals surface area contributed by atoms with E-state index in [1.165, 1.54) is 0 Å². The van der Waals surface area contributed by atoms with Crippen LogP contribution in [0.15, 0.2) is 18.2 Å². The summed E-state index contributed by atoms with van der Waals surface area (Å²) in [5, 5.41) is 9.04. The van der Waals surface area contributed by atoms with Gasteiger partial charge in [-0.05, 0) is 25.0 Å². The molecule has 1 aromatic rings. The Kier molecular flexibility index (Phi) is 3.12. The third kappa shape index (κ3) is 2.03. The van der Waals surface area contributed by atoms with Crippen molar-refractivity contribution in [3.8, 4) is 0 Å². The summed E-state index contributed by atoms with van der Waals surface area (Å²) in [6, 6.07) is 5.82. The van der Waals surface area contributed by atoms with Gasteiger partial charge in [0.1, 0.15) is 6.54 Å². The van der Waals surface area contributed by atoms with Gasteiger partial charge >= 0.3 is 5.97 Å². The summed E-state index contributed by atoms with van der Waals surface area (Å²) in [4.78, 5) is 26.7. The summed E-state index contributed by atoms with van der Waals surface area (Å²) in [5.74, 6) is -0.356. The smallest absolute Gasteiger partial charge is 0.323 e. The second kappa shape index (κ2) is 4.81. The summed E-state index contributed by atoms with van der Waals surface area (Å²) >= 11 is 0. The zero-order valence-electron chi connectivity index (χ0n) is 11.5. The second-order valence-corrected chi connectivity index (χ2v) is 5.53. The molecule has 1 atom stereocenters. The molecule has 3 rings (SSSR count). The molecular formula is C15H18N2O3. The predicted molar refractivity (Wildman–Crippen MR) is 76.3 cm³/mol. The first-order valence-electron chi connectivity index (χ1n) is 6.94. The number of hydrogen-bond acceptors (Lipinski definition) is 3. The highest BCUT2D eigenvalue weighted by Gasteiger charge is 2.34. The zero-order chi connectivity index (χ0) is 14.3. The maximum atomic E-state index is 12.0. The Morgan fingerprint density at radius 3 is 2.90 bits per heavy atom. The van der Waals surface area contributed by atoms with Gasteiger partial charge in [-0.2, -0.15) is 0 Å². The first kappa shape index (κ1) is 13.0. The molecule has 0 bridgehead atoms. The minimum absolute atomic E-state index is 0.0185. The quantitative estimate of drug-likeness (QED) is 0.893. The highest BCUT2D eigenvalue weighted by Crippen LogP contribution is 2.45. The molecule has 0 spiro atoms. The molecule has 0 fully saturated rings. The molecule has 2 aliphatic heterocycles. The number of carbonyl (C=O) groups is 2. The molecule has 0 saturated carbocycles. The molecule has 0 aliphatic carbocycles. The Morgan fingerprint density at radius 1 is 1.40 bits per heavy atom. The van der Waals surface area contributed by atoms with Crippen molar-refractivity contribution in [2.75, 3.05) is 29.9 Å². The van der Waals surface area contributed by atoms with Crippen LogP contribution in [0.25, 0.3) is 0 Å². The highest BCUT2D eigenvalue weighted by molar-refractivity contribution is 5.95. The summed E-state index contributed by atoms with van der Waals surface area (Å²) in [6.45, 7) is 0.755. The Morgan fingerprint density at radius 2 is 2.15 bits per heavy atom. The van der Waals surface area contributed by atoms with Crippen LogP contribution in [0.5, 0.6) is 0 Å². The van der Waals surface area contributed by atoms with Gasteiger partial charge in [0.2, 0.25) is 5.91 Å². The van der Waals surface area contributed by atoms with Crippen LogP contribution in [0.4, 0.5) is 11.4 Å². The maximum Gasteiger partial charge on any atom is 0.323 e. The lowest BCUT2D eigenvalue weighted by atomic mass is 9.91. The number of carbonyl (C=O) groups excluding carboxylic acids is 1. The maximum absolute atomic E-state index is 12.0. The van der Waals surface area contributed by atoms with Gasteiger partial charge in [-0.15, -0.1) is 0 Å². The molecule has 106 valence electrons. The summed E-state index contributed by atoms with van der Waals surface area (Å²) in [6.07, 6.45) is 2.37. The van der Waals surface area contributed by atoms with E-state index in [0.717, 1.165) is 36.3 Å². The summed E-state index contributed by atoms with van der Waals surface area (Å²) < 4.78 is 0. The number of carboxylic acids is 1. The van der Waals surface area contributed by atoms with Crippen LogP contribution >= 0.6 is 0 Å². The van der Waals surface area contributed by atoms with E-state index in [2.05, 4.69) is 0 Å². The minimum atomic E-state index is -0.818. The first-order chi connectivity index (χ1) is 9.58. The van der Waals surface area contributed by atoms with Crippen LogP contribution in [0.1, 0.15) is 30.7 Å². The van der Waals surface area contributed by atoms with Gasteiger partial charge < -0.3 is 14.9 Å². The standard InChI is InChI=1S/C15H18N2O3/c1-16-11-5-3-6-12-15(11)10(4-2-7-13(16)18)8-17(12)9-14(19)20/h3,5-6,10H,2,4,7-9H2,1H3,(H,19,20). The van der Waals surface area contributed by atoms with E-state index in [0.29, 0.717) is 12.3 Å². The molecule has 20 heavy (non-hydrogen) atoms. The van der Waals surface area contributed by atoms with Gasteiger partial charge in [0.15, 0.2) is 0 Å². The molecule has 1 N–H and O–H groups in total. The van der Waals surface area contributed by atoms with Crippen LogP contribution in [0, 0.1) is 0 Å². The molecule has 2 heterocycles. The van der Waals surface area contributed by atoms with Crippen molar-refractivity contribution < 1.29 is 14.7 Å². The van der Waals surface area contributed by atoms with Gasteiger partial charge in [0, 0.05) is 42.9 Å². The van der Waals surface area contributed by atoms with E-state index in [4.69, 9.17) is 5.11 Å². The molecule has 1 aromatic carbocycles. The number of carboxylic acid groups (broad SMARTS) is 1. The van der Waals surface area contributed by atoms with E-state index >= 15 is 0 Å². The molecule has 5 nitrogen and oxygen atoms in total. The average molecular weight is 274 g/mol. The molecule has 0 saturated heterocycles. The lowest BCUT2D eigenvalue weighted by Gasteiger charge is -2.25. The van der Waals surface area contributed by atoms with Crippen LogP contribution in [-0.4, -0.2) is 37.1 Å². The van der Waals surface area contributed by atoms with Crippen molar-refractivity contribution in [3.05, 3.63) is 23.8 Å². The molecular weight excluding hydrogens is 256 g/mol. The van der Waals surface area contributed by atoms with Gasteiger partial charge in [0.05, 0.1) is 0 Å². The SMILES string of the molecule is CN1C(=O)CCCC2CN(CC(=O)O)c3cccc1c32. The number of amides is 1. The number of hydrogen-bond donors (Lipinski definition) is 1. The molecule has 5 heteroatoms. The molecule has 1 unspecified atom stereocenters. The molecule has 0 radical (unpaired) electrons. The minimum Gasteiger partial charge on any atom is -0.480 e. The average Bonchev–Trinajstić information content (AvgIpc) is 2.74. The number of anilines is 2. The van der Waals surface area contributed by atoms with Gasteiger partial charge in [-0.1, -0.05) is 6.07 Å². The van der Waals surface area contributed by atoms with E-state index in [1.807, 2.05) is 23.1 Å². The van der Waals surface area contributed by atoms with Crippen LogP contribution in [0.2, 0.25) is 0 Å². The third-order valence-corrected chi connectivity index (χ3v) is 4.25. The number of rotatable bonds is 2. The van der Waals surface area contributed by atoms with Crippen molar-refractivity contribution in [1.29, 1.82) is 0 Å². The van der Waals surface area contributed by atoms with Gasteiger partial charge in [0.25, 0.3) is 0 Å². The largest absolute Gasteiger partial charge is 0.480 e. The Hall–Kier alpha value is -2.04. The van der Waals surface area contributed by atoms with Crippen LogP contribution < -0.4 is 9.80 Å². The van der Waals surface area contributed by atoms with E-state index < -0.39 is 5.97 Å². The lowest BCUT2D eigenvalue weighted by Crippen LogP contribution is -2.29. The normalized spacial score (nSPS) is 21.4. The lowest BCUT2D eigenvalue weighted by molar-refractivity contribution is -0.135. The van der Waals surface area contributed by atoms with Crippen molar-refractivity contribution in [2.24, 2.45) is 0 Å². The zero-order valence-corrected chi connectivity index (χ0v) is 11.5. The van der Waals surface area contributed by atoms with Gasteiger partial charge in [-0.25, -0.2) is 0 Å². The number of nitrogens with zero attached hydrogens (tertiary/aromatic N) is 2. The summed E-state index contributed by atoms with van der Waals surface area (Å²) in [5.41, 5.74) is 3.05. The predicted octanol–water partition coefficient (Wildman–Crippen LogP) is 1.82. The monoisotopic (exact) mass is 274 g/mol. The number of aliphatic carboxylic acids is 1. The van der Waals surface area contributed by atoms with Crippen molar-refractivity contribution in [3.63, 3.8) is 0 Å². The Labute approximate surface area is 117 Å². The van der Waals surface area contributed by atoms with Crippen molar-refractivity contribution in [2.45, 2.75) is 25.2 Å². The van der Waals surface area contributed by atoms with Gasteiger partial charge in [-0.3, -0.25) is 9.59 Å². The molecule has 2 aliphatic rings. The fourth-order valence-electron chi connectivity index (χ4n) is 3.33. The Balaban J connectivity index is 2.07.